The number of nitrogens with two attached hydrogens (primary N) is 1. The lowest BCUT2D eigenvalue weighted by molar-refractivity contribution is -0.0380. The van der Waals surface area contributed by atoms with Gasteiger partial charge in [0.25, 0.3) is 0 Å². The van der Waals surface area contributed by atoms with E-state index in [0.29, 0.717) is 18.1 Å². The van der Waals surface area contributed by atoms with Gasteiger partial charge in [-0.3, -0.25) is 11.3 Å². The van der Waals surface area contributed by atoms with Gasteiger partial charge in [-0.15, -0.1) is 0 Å². The van der Waals surface area contributed by atoms with Crippen molar-refractivity contribution < 1.29 is 9.13 Å². The molecule has 0 fully saturated rings. The fourth-order valence-electron chi connectivity index (χ4n) is 1.89. The summed E-state index contributed by atoms with van der Waals surface area (Å²) in [5, 5.41) is 0.405. The molecule has 0 radical (unpaired) electrons. The van der Waals surface area contributed by atoms with Crippen LogP contribution in [0.4, 0.5) is 4.39 Å². The predicted molar refractivity (Wildman–Crippen MR) is 71.9 cm³/mol. The summed E-state index contributed by atoms with van der Waals surface area (Å²) in [6, 6.07) is 4.25. The van der Waals surface area contributed by atoms with Crippen LogP contribution in [0.2, 0.25) is 5.02 Å². The highest BCUT2D eigenvalue weighted by Crippen LogP contribution is 2.23. The average Bonchev–Trinajstić information content (AvgIpc) is 2.27. The molecule has 0 amide bonds. The fourth-order valence-corrected chi connectivity index (χ4v) is 2.13. The van der Waals surface area contributed by atoms with Crippen LogP contribution in [0.1, 0.15) is 26.3 Å². The number of benzene rings is 1. The molecule has 1 aromatic rings. The van der Waals surface area contributed by atoms with Gasteiger partial charge in [0.2, 0.25) is 0 Å². The van der Waals surface area contributed by atoms with Crippen LogP contribution in [0.5, 0.6) is 0 Å². The van der Waals surface area contributed by atoms with E-state index in [1.165, 1.54) is 12.1 Å². The number of rotatable bonds is 6. The molecule has 0 bridgehead atoms. The predicted octanol–water partition coefficient (Wildman–Crippen LogP) is 2.67. The van der Waals surface area contributed by atoms with E-state index in [4.69, 9.17) is 22.2 Å². The van der Waals surface area contributed by atoms with E-state index in [1.54, 1.807) is 6.07 Å². The van der Waals surface area contributed by atoms with Gasteiger partial charge in [-0.25, -0.2) is 4.39 Å². The monoisotopic (exact) mass is 274 g/mol. The molecule has 1 aromatic carbocycles. The zero-order valence-electron chi connectivity index (χ0n) is 11.0. The molecule has 0 saturated heterocycles. The lowest BCUT2D eigenvalue weighted by atomic mass is 9.92. The van der Waals surface area contributed by atoms with Gasteiger partial charge in [0.05, 0.1) is 11.6 Å². The average molecular weight is 275 g/mol. The molecule has 0 aromatic heterocycles. The van der Waals surface area contributed by atoms with Gasteiger partial charge in [0.1, 0.15) is 5.82 Å². The molecule has 0 aliphatic heterocycles. The molecule has 0 aliphatic carbocycles. The van der Waals surface area contributed by atoms with Gasteiger partial charge in [-0.1, -0.05) is 17.7 Å². The smallest absolute Gasteiger partial charge is 0.124 e. The van der Waals surface area contributed by atoms with Crippen molar-refractivity contribution in [1.29, 1.82) is 0 Å². The first-order chi connectivity index (χ1) is 8.40. The quantitative estimate of drug-likeness (QED) is 0.619. The van der Waals surface area contributed by atoms with E-state index in [-0.39, 0.29) is 11.9 Å². The molecule has 0 heterocycles. The lowest BCUT2D eigenvalue weighted by Gasteiger charge is -2.34. The third-order valence-corrected chi connectivity index (χ3v) is 3.35. The van der Waals surface area contributed by atoms with E-state index in [2.05, 4.69) is 5.43 Å². The van der Waals surface area contributed by atoms with Gasteiger partial charge >= 0.3 is 0 Å². The first-order valence-corrected chi connectivity index (χ1v) is 6.32. The van der Waals surface area contributed by atoms with E-state index >= 15 is 0 Å². The number of hydrogen-bond acceptors (Lipinski definition) is 3. The molecule has 102 valence electrons. The van der Waals surface area contributed by atoms with Crippen LogP contribution in [0.15, 0.2) is 18.2 Å². The summed E-state index contributed by atoms with van der Waals surface area (Å²) in [6.07, 6.45) is 0.572. The Morgan fingerprint density at radius 1 is 1.50 bits per heavy atom. The van der Waals surface area contributed by atoms with E-state index in [1.807, 2.05) is 20.8 Å². The van der Waals surface area contributed by atoms with Crippen molar-refractivity contribution in [3.05, 3.63) is 34.6 Å². The molecule has 18 heavy (non-hydrogen) atoms. The van der Waals surface area contributed by atoms with Crippen LogP contribution in [0.25, 0.3) is 0 Å². The van der Waals surface area contributed by atoms with Gasteiger partial charge in [-0.2, -0.15) is 0 Å². The Morgan fingerprint density at radius 2 is 2.17 bits per heavy atom. The van der Waals surface area contributed by atoms with E-state index < -0.39 is 5.60 Å². The van der Waals surface area contributed by atoms with Crippen molar-refractivity contribution in [2.75, 3.05) is 6.61 Å². The number of nitrogens with one attached hydrogen (secondary N) is 1. The Bertz CT molecular complexity index is 399. The number of hydrazine groups is 1. The van der Waals surface area contributed by atoms with Crippen molar-refractivity contribution >= 4 is 11.6 Å². The Morgan fingerprint density at radius 3 is 2.67 bits per heavy atom. The summed E-state index contributed by atoms with van der Waals surface area (Å²) in [6.45, 7) is 6.44. The molecule has 0 aliphatic rings. The summed E-state index contributed by atoms with van der Waals surface area (Å²) in [5.74, 6) is 5.23. The molecule has 1 unspecified atom stereocenters. The second kappa shape index (κ2) is 6.48. The molecule has 3 N–H and O–H groups in total. The second-order valence-electron chi connectivity index (χ2n) is 4.70. The van der Waals surface area contributed by atoms with Crippen molar-refractivity contribution in [2.24, 2.45) is 5.84 Å². The van der Waals surface area contributed by atoms with E-state index in [0.717, 1.165) is 5.56 Å². The van der Waals surface area contributed by atoms with Gasteiger partial charge in [-0.05, 0) is 44.9 Å². The normalized spacial score (nSPS) is 13.7. The topological polar surface area (TPSA) is 47.3 Å². The highest BCUT2D eigenvalue weighted by molar-refractivity contribution is 6.31. The van der Waals surface area contributed by atoms with Crippen molar-refractivity contribution in [3.63, 3.8) is 0 Å². The van der Waals surface area contributed by atoms with Crippen LogP contribution in [-0.2, 0) is 11.2 Å². The number of hydrogen-bond donors (Lipinski definition) is 2. The highest BCUT2D eigenvalue weighted by Gasteiger charge is 2.29. The molecule has 0 spiro atoms. The summed E-state index contributed by atoms with van der Waals surface area (Å²) in [7, 11) is 0. The standard InChI is InChI=1S/C13H20ClFN2O/c1-4-18-13(2,3)12(17-16)7-9-5-6-10(15)8-11(9)14/h5-6,8,12,17H,4,7,16H2,1-3H3. The van der Waals surface area contributed by atoms with Gasteiger partial charge in [0.15, 0.2) is 0 Å². The Balaban J connectivity index is 2.85. The third-order valence-electron chi connectivity index (χ3n) is 3.00. The largest absolute Gasteiger partial charge is 0.374 e. The molecule has 3 nitrogen and oxygen atoms in total. The minimum Gasteiger partial charge on any atom is -0.374 e. The third kappa shape index (κ3) is 3.92. The first kappa shape index (κ1) is 15.4. The minimum absolute atomic E-state index is 0.111. The molecule has 5 heteroatoms. The highest BCUT2D eigenvalue weighted by atomic mass is 35.5. The maximum atomic E-state index is 13.0. The second-order valence-corrected chi connectivity index (χ2v) is 5.10. The molecular formula is C13H20ClFN2O. The lowest BCUT2D eigenvalue weighted by Crippen LogP contribution is -2.52. The number of ether oxygens (including phenoxy) is 1. The SMILES string of the molecule is CCOC(C)(C)C(Cc1ccc(F)cc1Cl)NN. The van der Waals surface area contributed by atoms with Gasteiger partial charge in [0, 0.05) is 11.6 Å². The van der Waals surface area contributed by atoms with Crippen LogP contribution >= 0.6 is 11.6 Å². The summed E-state index contributed by atoms with van der Waals surface area (Å²) < 4.78 is 18.6. The molecule has 0 saturated carbocycles. The number of halogens is 2. The zero-order valence-corrected chi connectivity index (χ0v) is 11.7. The Kier molecular flexibility index (Phi) is 5.53. The summed E-state index contributed by atoms with van der Waals surface area (Å²) in [5.41, 5.74) is 3.15. The van der Waals surface area contributed by atoms with Crippen LogP contribution < -0.4 is 11.3 Å². The van der Waals surface area contributed by atoms with Crippen molar-refractivity contribution in [2.45, 2.75) is 38.8 Å². The first-order valence-electron chi connectivity index (χ1n) is 5.94. The maximum Gasteiger partial charge on any atom is 0.124 e. The molecule has 1 atom stereocenters. The van der Waals surface area contributed by atoms with Gasteiger partial charge < -0.3 is 4.74 Å². The fraction of sp³-hybridized carbons (Fsp3) is 0.538. The van der Waals surface area contributed by atoms with Crippen LogP contribution in [-0.4, -0.2) is 18.2 Å². The van der Waals surface area contributed by atoms with Crippen molar-refractivity contribution in [3.8, 4) is 0 Å². The summed E-state index contributed by atoms with van der Waals surface area (Å²) >= 11 is 6.01. The molecule has 1 rings (SSSR count). The van der Waals surface area contributed by atoms with Crippen LogP contribution in [0, 0.1) is 5.82 Å². The zero-order chi connectivity index (χ0) is 13.8. The summed E-state index contributed by atoms with van der Waals surface area (Å²) in [4.78, 5) is 0. The van der Waals surface area contributed by atoms with E-state index in [9.17, 15) is 4.39 Å². The van der Waals surface area contributed by atoms with Crippen molar-refractivity contribution in [1.82, 2.24) is 5.43 Å². The Hall–Kier alpha value is -0.680. The maximum absolute atomic E-state index is 13.0. The minimum atomic E-state index is -0.429. The molecular weight excluding hydrogens is 255 g/mol. The van der Waals surface area contributed by atoms with Crippen LogP contribution in [0.3, 0.4) is 0 Å². The Labute approximate surface area is 112 Å².